The molecule has 0 saturated carbocycles. The molecule has 0 bridgehead atoms. The van der Waals surface area contributed by atoms with Crippen molar-refractivity contribution in [1.82, 2.24) is 4.98 Å². The number of ether oxygens (including phenoxy) is 1. The number of nitrogens with two attached hydrogens (primary N) is 1. The van der Waals surface area contributed by atoms with Gasteiger partial charge in [0.05, 0.1) is 10.6 Å². The van der Waals surface area contributed by atoms with Crippen LogP contribution in [0.2, 0.25) is 0 Å². The van der Waals surface area contributed by atoms with E-state index in [2.05, 4.69) is 4.98 Å². The van der Waals surface area contributed by atoms with Gasteiger partial charge in [0, 0.05) is 0 Å². The van der Waals surface area contributed by atoms with Gasteiger partial charge in [-0.05, 0) is 19.1 Å². The van der Waals surface area contributed by atoms with Crippen LogP contribution < -0.4 is 10.5 Å². The van der Waals surface area contributed by atoms with Crippen molar-refractivity contribution >= 4 is 28.5 Å². The van der Waals surface area contributed by atoms with Gasteiger partial charge in [0.15, 0.2) is 0 Å². The largest absolute Gasteiger partial charge is 0.486 e. The maximum atomic E-state index is 5.60. The number of para-hydroxylation sites is 1. The van der Waals surface area contributed by atoms with Crippen LogP contribution in [-0.4, -0.2) is 9.97 Å². The number of aryl methyl sites for hydroxylation is 1. The van der Waals surface area contributed by atoms with E-state index < -0.39 is 0 Å². The zero-order valence-electron chi connectivity index (χ0n) is 9.34. The normalized spacial score (nSPS) is 10.2. The van der Waals surface area contributed by atoms with Gasteiger partial charge < -0.3 is 10.5 Å². The number of thiazole rings is 1. The molecule has 0 aliphatic heterocycles. The summed E-state index contributed by atoms with van der Waals surface area (Å²) in [5, 5.41) is 0.883. The number of benzene rings is 1. The fourth-order valence-corrected chi connectivity index (χ4v) is 2.51. The van der Waals surface area contributed by atoms with Crippen LogP contribution in [0.3, 0.4) is 0 Å². The second kappa shape index (κ2) is 5.25. The van der Waals surface area contributed by atoms with Crippen molar-refractivity contribution < 1.29 is 4.74 Å². The fourth-order valence-electron chi connectivity index (χ4n) is 1.40. The van der Waals surface area contributed by atoms with Crippen LogP contribution in [-0.2, 0) is 6.61 Å². The Bertz CT molecular complexity index is 523. The number of rotatable bonds is 4. The van der Waals surface area contributed by atoms with Crippen LogP contribution in [0.5, 0.6) is 5.75 Å². The summed E-state index contributed by atoms with van der Waals surface area (Å²) in [7, 11) is 0. The molecule has 0 saturated heterocycles. The summed E-state index contributed by atoms with van der Waals surface area (Å²) >= 11 is 6.43. The molecule has 0 atom stereocenters. The molecule has 2 N–H and O–H groups in total. The summed E-state index contributed by atoms with van der Waals surface area (Å²) in [6, 6.07) is 9.64. The number of aromatic nitrogens is 1. The number of hydrogen-bond donors (Lipinski definition) is 1. The molecule has 0 aliphatic rings. The predicted molar refractivity (Wildman–Crippen MR) is 73.5 cm³/mol. The van der Waals surface area contributed by atoms with Gasteiger partial charge in [-0.1, -0.05) is 30.4 Å². The lowest BCUT2D eigenvalue weighted by Crippen LogP contribution is -2.08. The molecule has 0 spiro atoms. The van der Waals surface area contributed by atoms with E-state index in [1.807, 2.05) is 37.3 Å². The minimum absolute atomic E-state index is 0.394. The van der Waals surface area contributed by atoms with Crippen molar-refractivity contribution in [3.8, 4) is 5.75 Å². The molecule has 3 nitrogen and oxygen atoms in total. The first-order valence-electron chi connectivity index (χ1n) is 5.11. The number of thiocarbonyl (C=S) groups is 1. The van der Waals surface area contributed by atoms with Crippen molar-refractivity contribution in [1.29, 1.82) is 0 Å². The first-order chi connectivity index (χ1) is 8.16. The topological polar surface area (TPSA) is 48.1 Å². The fraction of sp³-hybridized carbons (Fsp3) is 0.167. The highest BCUT2D eigenvalue weighted by molar-refractivity contribution is 7.81. The maximum Gasteiger partial charge on any atom is 0.140 e. The highest BCUT2D eigenvalue weighted by atomic mass is 32.1. The molecule has 2 aromatic rings. The van der Waals surface area contributed by atoms with Crippen molar-refractivity contribution in [3.63, 3.8) is 0 Å². The lowest BCUT2D eigenvalue weighted by atomic mass is 10.3. The van der Waals surface area contributed by atoms with Crippen LogP contribution in [0.15, 0.2) is 30.3 Å². The Kier molecular flexibility index (Phi) is 3.71. The quantitative estimate of drug-likeness (QED) is 0.863. The SMILES string of the molecule is Cc1nc(COc2ccccc2)sc1C(N)=S. The smallest absolute Gasteiger partial charge is 0.140 e. The molecule has 0 amide bonds. The Morgan fingerprint density at radius 2 is 2.12 bits per heavy atom. The maximum absolute atomic E-state index is 5.60. The van der Waals surface area contributed by atoms with E-state index in [0.717, 1.165) is 21.3 Å². The first-order valence-corrected chi connectivity index (χ1v) is 6.33. The molecule has 88 valence electrons. The highest BCUT2D eigenvalue weighted by Gasteiger charge is 2.09. The zero-order valence-corrected chi connectivity index (χ0v) is 11.0. The second-order valence-corrected chi connectivity index (χ2v) is 5.01. The molecule has 2 rings (SSSR count). The monoisotopic (exact) mass is 264 g/mol. The van der Waals surface area contributed by atoms with Crippen molar-refractivity contribution in [3.05, 3.63) is 45.9 Å². The van der Waals surface area contributed by atoms with E-state index in [1.54, 1.807) is 0 Å². The van der Waals surface area contributed by atoms with Gasteiger partial charge in [-0.25, -0.2) is 4.98 Å². The Balaban J connectivity index is 2.05. The van der Waals surface area contributed by atoms with E-state index in [9.17, 15) is 0 Å². The van der Waals surface area contributed by atoms with Gasteiger partial charge in [0.25, 0.3) is 0 Å². The van der Waals surface area contributed by atoms with Crippen LogP contribution in [0.1, 0.15) is 15.6 Å². The van der Waals surface area contributed by atoms with E-state index in [-0.39, 0.29) is 0 Å². The minimum Gasteiger partial charge on any atom is -0.486 e. The molecule has 0 unspecified atom stereocenters. The molecule has 0 fully saturated rings. The van der Waals surface area contributed by atoms with E-state index in [1.165, 1.54) is 11.3 Å². The number of hydrogen-bond acceptors (Lipinski definition) is 4. The van der Waals surface area contributed by atoms with Gasteiger partial charge in [-0.3, -0.25) is 0 Å². The van der Waals surface area contributed by atoms with Crippen LogP contribution in [0, 0.1) is 6.92 Å². The molecule has 1 aromatic heterocycles. The van der Waals surface area contributed by atoms with Gasteiger partial charge in [0.2, 0.25) is 0 Å². The minimum atomic E-state index is 0.394. The lowest BCUT2D eigenvalue weighted by Gasteiger charge is -2.02. The third-order valence-corrected chi connectivity index (χ3v) is 3.67. The Hall–Kier alpha value is -1.46. The van der Waals surface area contributed by atoms with Crippen molar-refractivity contribution in [2.24, 2.45) is 5.73 Å². The summed E-state index contributed by atoms with van der Waals surface area (Å²) in [5.41, 5.74) is 6.47. The average molecular weight is 264 g/mol. The summed E-state index contributed by atoms with van der Waals surface area (Å²) in [4.78, 5) is 5.63. The van der Waals surface area contributed by atoms with Gasteiger partial charge in [0.1, 0.15) is 22.4 Å². The van der Waals surface area contributed by atoms with Crippen molar-refractivity contribution in [2.75, 3.05) is 0 Å². The predicted octanol–water partition coefficient (Wildman–Crippen LogP) is 2.66. The summed E-state index contributed by atoms with van der Waals surface area (Å²) in [5.74, 6) is 0.831. The van der Waals surface area contributed by atoms with Crippen LogP contribution >= 0.6 is 23.6 Å². The lowest BCUT2D eigenvalue weighted by molar-refractivity contribution is 0.305. The first kappa shape index (κ1) is 12.0. The molecular formula is C12H12N2OS2. The van der Waals surface area contributed by atoms with E-state index >= 15 is 0 Å². The summed E-state index contributed by atoms with van der Waals surface area (Å²) < 4.78 is 5.60. The van der Waals surface area contributed by atoms with Gasteiger partial charge in [-0.2, -0.15) is 0 Å². The Morgan fingerprint density at radius 1 is 1.41 bits per heavy atom. The third kappa shape index (κ3) is 3.01. The Morgan fingerprint density at radius 3 is 2.71 bits per heavy atom. The molecule has 0 aliphatic carbocycles. The standard InChI is InChI=1S/C12H12N2OS2/c1-8-11(12(13)16)17-10(14-8)7-15-9-5-3-2-4-6-9/h2-6H,7H2,1H3,(H2,13,16). The third-order valence-electron chi connectivity index (χ3n) is 2.17. The van der Waals surface area contributed by atoms with Crippen LogP contribution in [0.25, 0.3) is 0 Å². The molecule has 5 heteroatoms. The molecular weight excluding hydrogens is 252 g/mol. The summed E-state index contributed by atoms with van der Waals surface area (Å²) in [6.45, 7) is 2.34. The molecule has 1 aromatic carbocycles. The van der Waals surface area contributed by atoms with Gasteiger partial charge >= 0.3 is 0 Å². The molecule has 1 heterocycles. The van der Waals surface area contributed by atoms with Crippen LogP contribution in [0.4, 0.5) is 0 Å². The zero-order chi connectivity index (χ0) is 12.3. The van der Waals surface area contributed by atoms with E-state index in [0.29, 0.717) is 11.6 Å². The molecule has 0 radical (unpaired) electrons. The highest BCUT2D eigenvalue weighted by Crippen LogP contribution is 2.19. The summed E-state index contributed by atoms with van der Waals surface area (Å²) in [6.07, 6.45) is 0. The second-order valence-electron chi connectivity index (χ2n) is 3.49. The van der Waals surface area contributed by atoms with Crippen molar-refractivity contribution in [2.45, 2.75) is 13.5 Å². The van der Waals surface area contributed by atoms with E-state index in [4.69, 9.17) is 22.7 Å². The number of nitrogens with zero attached hydrogens (tertiary/aromatic N) is 1. The Labute approximate surface area is 109 Å². The molecule has 17 heavy (non-hydrogen) atoms. The average Bonchev–Trinajstić information content (AvgIpc) is 2.69. The van der Waals surface area contributed by atoms with Gasteiger partial charge in [-0.15, -0.1) is 11.3 Å².